The van der Waals surface area contributed by atoms with Crippen LogP contribution in [0.3, 0.4) is 0 Å². The zero-order chi connectivity index (χ0) is 25.2. The third kappa shape index (κ3) is 13.8. The van der Waals surface area contributed by atoms with Crippen molar-refractivity contribution in [1.82, 2.24) is 10.2 Å². The first kappa shape index (κ1) is 29.9. The Morgan fingerprint density at radius 2 is 1.79 bits per heavy atom. The summed E-state index contributed by atoms with van der Waals surface area (Å²) in [4.78, 5) is 64.7. The Balaban J connectivity index is 5.50. The fourth-order valence-corrected chi connectivity index (χ4v) is 2.71. The predicted molar refractivity (Wildman–Crippen MR) is 117 cm³/mol. The molecule has 0 aliphatic carbocycles. The summed E-state index contributed by atoms with van der Waals surface area (Å²) in [7, 11) is 0. The van der Waals surface area contributed by atoms with Crippen LogP contribution in [0.4, 0.5) is 0 Å². The third-order valence-corrected chi connectivity index (χ3v) is 4.13. The van der Waals surface area contributed by atoms with Crippen molar-refractivity contribution in [3.63, 3.8) is 0 Å². The van der Waals surface area contributed by atoms with Gasteiger partial charge in [0.15, 0.2) is 5.96 Å². The van der Waals surface area contributed by atoms with E-state index < -0.39 is 48.8 Å². The maximum atomic E-state index is 13.1. The molecule has 0 saturated carbocycles. The molecule has 14 nitrogen and oxygen atoms in total. The minimum atomic E-state index is -1.32. The topological polar surface area (TPSA) is 230 Å². The second-order valence-electron chi connectivity index (χ2n) is 6.89. The number of rotatable bonds is 18. The number of nitrogens with two attached hydrogens (primary N) is 3. The summed E-state index contributed by atoms with van der Waals surface area (Å²) in [5.74, 6) is -3.69. The zero-order valence-electron chi connectivity index (χ0n) is 18.7. The van der Waals surface area contributed by atoms with Gasteiger partial charge in [0.2, 0.25) is 5.91 Å². The average molecular weight is 475 g/mol. The number of carbonyl (C=O) groups excluding carboxylic acids is 4. The Hall–Kier alpha value is -3.10. The van der Waals surface area contributed by atoms with E-state index in [4.69, 9.17) is 31.8 Å². The number of guanidine groups is 1. The number of nitrogens with one attached hydrogen (secondary N) is 1. The highest BCUT2D eigenvalue weighted by molar-refractivity contribution is 6.01. The predicted octanol–water partition coefficient (Wildman–Crippen LogP) is -2.68. The molecule has 0 unspecified atom stereocenters. The number of aliphatic carboxylic acids is 1. The van der Waals surface area contributed by atoms with Gasteiger partial charge in [-0.1, -0.05) is 0 Å². The number of aliphatic imine (C=N–C) groups is 1. The van der Waals surface area contributed by atoms with E-state index in [0.717, 1.165) is 6.92 Å². The molecule has 188 valence electrons. The van der Waals surface area contributed by atoms with Crippen molar-refractivity contribution in [2.45, 2.75) is 44.7 Å². The maximum absolute atomic E-state index is 13.1. The maximum Gasteiger partial charge on any atom is 0.303 e. The number of hydrogen-bond donors (Lipinski definition) is 5. The monoisotopic (exact) mass is 474 g/mol. The standard InChI is InChI=1S/C19H34N6O8/c1-13(27)24-15(4-5-17(29)30)18(31)25(14(11-26)3-2-7-23-19(21)22)16(28)12-33-10-9-32-8-6-20/h11,14-15H,2-10,12,20H2,1H3,(H,24,27)(H,29,30)(H4,21,22,23)/t14-,15-/m0/s1. The summed E-state index contributed by atoms with van der Waals surface area (Å²) in [5.41, 5.74) is 15.8. The molecule has 0 radical (unpaired) electrons. The zero-order valence-corrected chi connectivity index (χ0v) is 18.7. The number of amides is 3. The summed E-state index contributed by atoms with van der Waals surface area (Å²) < 4.78 is 10.4. The van der Waals surface area contributed by atoms with E-state index in [0.29, 0.717) is 24.3 Å². The summed E-state index contributed by atoms with van der Waals surface area (Å²) in [6.07, 6.45) is 0.0156. The number of hydrogen-bond acceptors (Lipinski definition) is 9. The van der Waals surface area contributed by atoms with Crippen molar-refractivity contribution in [2.75, 3.05) is 39.5 Å². The quantitative estimate of drug-likeness (QED) is 0.0594. The van der Waals surface area contributed by atoms with Crippen molar-refractivity contribution in [3.8, 4) is 0 Å². The minimum absolute atomic E-state index is 0.0398. The Labute approximate surface area is 191 Å². The molecule has 33 heavy (non-hydrogen) atoms. The number of imide groups is 1. The molecule has 0 heterocycles. The first-order valence-corrected chi connectivity index (χ1v) is 10.3. The molecule has 0 aromatic carbocycles. The smallest absolute Gasteiger partial charge is 0.303 e. The second-order valence-corrected chi connectivity index (χ2v) is 6.89. The summed E-state index contributed by atoms with van der Waals surface area (Å²) >= 11 is 0. The molecule has 2 atom stereocenters. The van der Waals surface area contributed by atoms with Crippen LogP contribution in [0, 0.1) is 0 Å². The second kappa shape index (κ2) is 17.5. The van der Waals surface area contributed by atoms with Crippen molar-refractivity contribution in [3.05, 3.63) is 0 Å². The lowest BCUT2D eigenvalue weighted by molar-refractivity contribution is -0.154. The van der Waals surface area contributed by atoms with Gasteiger partial charge in [0.25, 0.3) is 11.8 Å². The normalized spacial score (nSPS) is 12.3. The molecule has 0 bridgehead atoms. The van der Waals surface area contributed by atoms with Gasteiger partial charge in [0.1, 0.15) is 18.9 Å². The SMILES string of the molecule is CC(=O)N[C@@H](CCC(=O)O)C(=O)N(C(=O)COCCOCCN)[C@H](C=O)CCCN=C(N)N. The molecule has 0 aliphatic rings. The van der Waals surface area contributed by atoms with E-state index in [1.165, 1.54) is 0 Å². The molecule has 0 aliphatic heterocycles. The lowest BCUT2D eigenvalue weighted by Crippen LogP contribution is -2.55. The van der Waals surface area contributed by atoms with Gasteiger partial charge >= 0.3 is 5.97 Å². The van der Waals surface area contributed by atoms with Crippen LogP contribution < -0.4 is 22.5 Å². The van der Waals surface area contributed by atoms with Gasteiger partial charge in [-0.05, 0) is 19.3 Å². The lowest BCUT2D eigenvalue weighted by Gasteiger charge is -2.30. The molecule has 3 amide bonds. The van der Waals surface area contributed by atoms with Crippen molar-refractivity contribution in [1.29, 1.82) is 0 Å². The molecule has 0 saturated heterocycles. The van der Waals surface area contributed by atoms with E-state index in [1.54, 1.807) is 0 Å². The number of carboxylic acid groups (broad SMARTS) is 1. The Morgan fingerprint density at radius 1 is 1.12 bits per heavy atom. The summed E-state index contributed by atoms with van der Waals surface area (Å²) in [6.45, 7) is 1.60. The van der Waals surface area contributed by atoms with Gasteiger partial charge in [-0.2, -0.15) is 0 Å². The van der Waals surface area contributed by atoms with E-state index in [9.17, 15) is 24.0 Å². The largest absolute Gasteiger partial charge is 0.481 e. The van der Waals surface area contributed by atoms with Gasteiger partial charge < -0.3 is 41.9 Å². The Morgan fingerprint density at radius 3 is 2.33 bits per heavy atom. The van der Waals surface area contributed by atoms with Crippen molar-refractivity contribution < 1.29 is 38.6 Å². The van der Waals surface area contributed by atoms with Gasteiger partial charge in [0, 0.05) is 26.4 Å². The molecule has 0 spiro atoms. The Bertz CT molecular complexity index is 683. The fourth-order valence-electron chi connectivity index (χ4n) is 2.71. The molecule has 0 fully saturated rings. The fraction of sp³-hybridized carbons (Fsp3) is 0.684. The van der Waals surface area contributed by atoms with Crippen molar-refractivity contribution >= 4 is 35.9 Å². The summed E-state index contributed by atoms with van der Waals surface area (Å²) in [5, 5.41) is 11.3. The lowest BCUT2D eigenvalue weighted by atomic mass is 10.1. The van der Waals surface area contributed by atoms with E-state index in [2.05, 4.69) is 10.3 Å². The van der Waals surface area contributed by atoms with Crippen LogP contribution in [0.5, 0.6) is 0 Å². The van der Waals surface area contributed by atoms with Crippen LogP contribution in [0.15, 0.2) is 4.99 Å². The van der Waals surface area contributed by atoms with E-state index in [-0.39, 0.29) is 45.0 Å². The number of carboxylic acids is 1. The van der Waals surface area contributed by atoms with Gasteiger partial charge in [-0.3, -0.25) is 29.1 Å². The van der Waals surface area contributed by atoms with Gasteiger partial charge in [0.05, 0.1) is 25.9 Å². The highest BCUT2D eigenvalue weighted by Gasteiger charge is 2.34. The summed E-state index contributed by atoms with van der Waals surface area (Å²) in [6, 6.07) is -2.52. The molecule has 8 N–H and O–H groups in total. The van der Waals surface area contributed by atoms with Gasteiger partial charge in [-0.15, -0.1) is 0 Å². The van der Waals surface area contributed by atoms with Crippen LogP contribution in [-0.4, -0.2) is 97.5 Å². The minimum Gasteiger partial charge on any atom is -0.481 e. The first-order valence-electron chi connectivity index (χ1n) is 10.3. The van der Waals surface area contributed by atoms with Crippen LogP contribution in [0.25, 0.3) is 0 Å². The van der Waals surface area contributed by atoms with E-state index >= 15 is 0 Å². The third-order valence-electron chi connectivity index (χ3n) is 4.13. The highest BCUT2D eigenvalue weighted by atomic mass is 16.5. The van der Waals surface area contributed by atoms with Crippen molar-refractivity contribution in [2.24, 2.45) is 22.2 Å². The average Bonchev–Trinajstić information content (AvgIpc) is 2.74. The highest BCUT2D eigenvalue weighted by Crippen LogP contribution is 2.12. The van der Waals surface area contributed by atoms with E-state index in [1.807, 2.05) is 0 Å². The number of carbonyl (C=O) groups is 5. The van der Waals surface area contributed by atoms with Crippen LogP contribution in [0.2, 0.25) is 0 Å². The van der Waals surface area contributed by atoms with Gasteiger partial charge in [-0.25, -0.2) is 0 Å². The molecule has 0 rings (SSSR count). The van der Waals surface area contributed by atoms with Crippen LogP contribution in [0.1, 0.15) is 32.6 Å². The first-order chi connectivity index (χ1) is 15.6. The molecular weight excluding hydrogens is 440 g/mol. The number of ether oxygens (including phenoxy) is 2. The van der Waals surface area contributed by atoms with Crippen LogP contribution >= 0.6 is 0 Å². The molecule has 0 aromatic heterocycles. The molecule has 14 heteroatoms. The molecular formula is C19H34N6O8. The number of aldehydes is 1. The molecule has 0 aromatic rings. The number of nitrogens with zero attached hydrogens (tertiary/aromatic N) is 2. The Kier molecular flexibility index (Phi) is 15.8. The van der Waals surface area contributed by atoms with Crippen LogP contribution in [-0.2, 0) is 33.4 Å².